The molecule has 4 rings (SSSR count). The standard InChI is InChI=1S/C28H41N5.2ClH/c1-7-26-30-27-21(4)17-22(5)29-28(27)33(26)18-24-12-10-23(11-13-24)9-8-14-32-16-15-31(6)19-25(32)20(2)3;;/h10-13,17,20,25H,7-9,14-16,18-19H2,1-6H3;2*1H. The zero-order chi connectivity index (χ0) is 23.5. The molecule has 0 N–H and O–H groups in total. The van der Waals surface area contributed by atoms with Gasteiger partial charge in [0.15, 0.2) is 5.65 Å². The molecule has 35 heavy (non-hydrogen) atoms. The molecule has 1 aromatic carbocycles. The van der Waals surface area contributed by atoms with Gasteiger partial charge in [-0.3, -0.25) is 4.90 Å². The number of hydrogen-bond acceptors (Lipinski definition) is 4. The van der Waals surface area contributed by atoms with Crippen molar-refractivity contribution in [2.24, 2.45) is 5.92 Å². The van der Waals surface area contributed by atoms with Crippen LogP contribution in [-0.4, -0.2) is 63.6 Å². The van der Waals surface area contributed by atoms with Crippen molar-refractivity contribution in [3.63, 3.8) is 0 Å². The van der Waals surface area contributed by atoms with Crippen molar-refractivity contribution in [2.45, 2.75) is 66.5 Å². The number of aromatic nitrogens is 3. The van der Waals surface area contributed by atoms with Crippen LogP contribution in [0.4, 0.5) is 0 Å². The molecule has 0 radical (unpaired) electrons. The Morgan fingerprint density at radius 1 is 1.00 bits per heavy atom. The number of hydrogen-bond donors (Lipinski definition) is 0. The van der Waals surface area contributed by atoms with Crippen LogP contribution >= 0.6 is 24.8 Å². The summed E-state index contributed by atoms with van der Waals surface area (Å²) in [6.45, 7) is 16.7. The summed E-state index contributed by atoms with van der Waals surface area (Å²) < 4.78 is 2.30. The highest BCUT2D eigenvalue weighted by Gasteiger charge is 2.26. The van der Waals surface area contributed by atoms with Crippen molar-refractivity contribution in [3.8, 4) is 0 Å². The number of rotatable bonds is 8. The quantitative estimate of drug-likeness (QED) is 0.382. The summed E-state index contributed by atoms with van der Waals surface area (Å²) >= 11 is 0. The van der Waals surface area contributed by atoms with Gasteiger partial charge in [-0.2, -0.15) is 0 Å². The first kappa shape index (κ1) is 29.6. The maximum atomic E-state index is 4.89. The number of nitrogens with zero attached hydrogens (tertiary/aromatic N) is 5. The lowest BCUT2D eigenvalue weighted by Gasteiger charge is -2.42. The van der Waals surface area contributed by atoms with Crippen LogP contribution in [0.1, 0.15) is 55.4 Å². The van der Waals surface area contributed by atoms with E-state index in [1.165, 1.54) is 49.3 Å². The van der Waals surface area contributed by atoms with Crippen LogP contribution in [0.15, 0.2) is 30.3 Å². The Labute approximate surface area is 224 Å². The second-order valence-electron chi connectivity index (χ2n) is 10.3. The van der Waals surface area contributed by atoms with Crippen LogP contribution in [0.5, 0.6) is 0 Å². The third-order valence-corrected chi connectivity index (χ3v) is 7.20. The van der Waals surface area contributed by atoms with E-state index in [2.05, 4.69) is 86.4 Å². The van der Waals surface area contributed by atoms with E-state index in [1.54, 1.807) is 0 Å². The van der Waals surface area contributed by atoms with Crippen LogP contribution in [0.3, 0.4) is 0 Å². The van der Waals surface area contributed by atoms with Gasteiger partial charge in [0.05, 0.1) is 6.54 Å². The first-order valence-corrected chi connectivity index (χ1v) is 12.7. The summed E-state index contributed by atoms with van der Waals surface area (Å²) in [5, 5.41) is 0. The molecule has 0 saturated carbocycles. The fourth-order valence-electron chi connectivity index (χ4n) is 5.27. The van der Waals surface area contributed by atoms with E-state index in [0.717, 1.165) is 42.1 Å². The lowest BCUT2D eigenvalue weighted by Crippen LogP contribution is -2.54. The molecule has 3 aromatic rings. The predicted molar refractivity (Wildman–Crippen MR) is 152 cm³/mol. The first-order chi connectivity index (χ1) is 15.9. The van der Waals surface area contributed by atoms with Gasteiger partial charge in [-0.05, 0) is 69.0 Å². The Bertz CT molecular complexity index is 1080. The molecule has 1 atom stereocenters. The minimum atomic E-state index is 0. The molecular weight excluding hydrogens is 477 g/mol. The molecule has 0 bridgehead atoms. The molecule has 1 unspecified atom stereocenters. The fraction of sp³-hybridized carbons (Fsp3) is 0.571. The van der Waals surface area contributed by atoms with Crippen LogP contribution in [0.25, 0.3) is 11.2 Å². The van der Waals surface area contributed by atoms with Crippen LogP contribution in [0, 0.1) is 19.8 Å². The van der Waals surface area contributed by atoms with Gasteiger partial charge in [0.1, 0.15) is 11.3 Å². The summed E-state index contributed by atoms with van der Waals surface area (Å²) in [7, 11) is 2.25. The maximum absolute atomic E-state index is 4.89. The Morgan fingerprint density at radius 3 is 2.34 bits per heavy atom. The van der Waals surface area contributed by atoms with Gasteiger partial charge < -0.3 is 9.47 Å². The monoisotopic (exact) mass is 519 g/mol. The highest BCUT2D eigenvalue weighted by Crippen LogP contribution is 2.22. The van der Waals surface area contributed by atoms with Crippen molar-refractivity contribution in [1.29, 1.82) is 0 Å². The first-order valence-electron chi connectivity index (χ1n) is 12.7. The topological polar surface area (TPSA) is 37.2 Å². The predicted octanol–water partition coefficient (Wildman–Crippen LogP) is 5.71. The molecule has 1 aliphatic rings. The Kier molecular flexibility index (Phi) is 11.0. The smallest absolute Gasteiger partial charge is 0.160 e. The summed E-state index contributed by atoms with van der Waals surface area (Å²) in [6.07, 6.45) is 3.28. The molecule has 7 heteroatoms. The van der Waals surface area contributed by atoms with E-state index in [1.807, 2.05) is 0 Å². The van der Waals surface area contributed by atoms with Crippen molar-refractivity contribution >= 4 is 36.0 Å². The van der Waals surface area contributed by atoms with Crippen molar-refractivity contribution < 1.29 is 0 Å². The SMILES string of the molecule is CCc1nc2c(C)cc(C)nc2n1Cc1ccc(CCCN2CCN(C)CC2C(C)C)cc1.Cl.Cl. The number of piperazine rings is 1. The number of aryl methyl sites for hydroxylation is 4. The number of fused-ring (bicyclic) bond motifs is 1. The Hall–Kier alpha value is -1.66. The molecule has 1 saturated heterocycles. The van der Waals surface area contributed by atoms with E-state index in [-0.39, 0.29) is 24.8 Å². The van der Waals surface area contributed by atoms with Gasteiger partial charge in [0.25, 0.3) is 0 Å². The maximum Gasteiger partial charge on any atom is 0.160 e. The molecule has 0 aliphatic carbocycles. The Morgan fingerprint density at radius 2 is 1.69 bits per heavy atom. The van der Waals surface area contributed by atoms with Gasteiger partial charge >= 0.3 is 0 Å². The average Bonchev–Trinajstić information content (AvgIpc) is 3.13. The number of benzene rings is 1. The van der Waals surface area contributed by atoms with Crippen molar-refractivity contribution in [3.05, 3.63) is 58.5 Å². The Balaban J connectivity index is 0.00000216. The average molecular weight is 521 g/mol. The van der Waals surface area contributed by atoms with Crippen molar-refractivity contribution in [2.75, 3.05) is 33.2 Å². The molecule has 0 amide bonds. The van der Waals surface area contributed by atoms with E-state index in [4.69, 9.17) is 9.97 Å². The van der Waals surface area contributed by atoms with E-state index >= 15 is 0 Å². The van der Waals surface area contributed by atoms with Gasteiger partial charge in [-0.1, -0.05) is 45.0 Å². The van der Waals surface area contributed by atoms with Crippen molar-refractivity contribution in [1.82, 2.24) is 24.3 Å². The lowest BCUT2D eigenvalue weighted by atomic mass is 9.99. The summed E-state index contributed by atoms with van der Waals surface area (Å²) in [5.41, 5.74) is 7.07. The van der Waals surface area contributed by atoms with Crippen LogP contribution in [0.2, 0.25) is 0 Å². The van der Waals surface area contributed by atoms with Gasteiger partial charge in [-0.15, -0.1) is 24.8 Å². The third kappa shape index (κ3) is 6.97. The number of imidazole rings is 1. The van der Waals surface area contributed by atoms with Gasteiger partial charge in [0, 0.05) is 37.8 Å². The molecule has 5 nitrogen and oxygen atoms in total. The summed E-state index contributed by atoms with van der Waals surface area (Å²) in [5.74, 6) is 1.82. The third-order valence-electron chi connectivity index (χ3n) is 7.20. The molecule has 194 valence electrons. The molecule has 3 heterocycles. The highest BCUT2D eigenvalue weighted by atomic mass is 35.5. The number of halogens is 2. The summed E-state index contributed by atoms with van der Waals surface area (Å²) in [6, 6.07) is 12.0. The molecule has 0 spiro atoms. The molecule has 1 aliphatic heterocycles. The van der Waals surface area contributed by atoms with E-state index < -0.39 is 0 Å². The molecular formula is C28H43Cl2N5. The minimum Gasteiger partial charge on any atom is -0.308 e. The van der Waals surface area contributed by atoms with E-state index in [0.29, 0.717) is 12.0 Å². The normalized spacial score (nSPS) is 16.9. The van der Waals surface area contributed by atoms with Crippen LogP contribution in [-0.2, 0) is 19.4 Å². The number of likely N-dealkylation sites (N-methyl/N-ethyl adjacent to an activating group) is 1. The fourth-order valence-corrected chi connectivity index (χ4v) is 5.27. The zero-order valence-electron chi connectivity index (χ0n) is 22.3. The largest absolute Gasteiger partial charge is 0.308 e. The zero-order valence-corrected chi connectivity index (χ0v) is 23.9. The van der Waals surface area contributed by atoms with E-state index in [9.17, 15) is 0 Å². The molecule has 2 aromatic heterocycles. The van der Waals surface area contributed by atoms with Gasteiger partial charge in [-0.25, -0.2) is 9.97 Å². The second-order valence-corrected chi connectivity index (χ2v) is 10.3. The van der Waals surface area contributed by atoms with Gasteiger partial charge in [0.2, 0.25) is 0 Å². The lowest BCUT2D eigenvalue weighted by molar-refractivity contribution is 0.0624. The highest BCUT2D eigenvalue weighted by molar-refractivity contribution is 5.85. The second kappa shape index (κ2) is 13.0. The number of pyridine rings is 1. The van der Waals surface area contributed by atoms with Crippen LogP contribution < -0.4 is 0 Å². The summed E-state index contributed by atoms with van der Waals surface area (Å²) in [4.78, 5) is 14.9. The molecule has 1 fully saturated rings. The minimum absolute atomic E-state index is 0.